The van der Waals surface area contributed by atoms with E-state index in [0.717, 1.165) is 62.6 Å². The van der Waals surface area contributed by atoms with Crippen molar-refractivity contribution in [3.63, 3.8) is 0 Å². The molecule has 1 N–H and O–H groups in total. The molecule has 1 fully saturated rings. The second-order valence-electron chi connectivity index (χ2n) is 7.16. The van der Waals surface area contributed by atoms with E-state index >= 15 is 0 Å². The third kappa shape index (κ3) is 6.15. The lowest BCUT2D eigenvalue weighted by Crippen LogP contribution is -2.38. The van der Waals surface area contributed by atoms with Crippen LogP contribution in [0.5, 0.6) is 0 Å². The summed E-state index contributed by atoms with van der Waals surface area (Å²) in [6.07, 6.45) is 4.53. The van der Waals surface area contributed by atoms with E-state index in [9.17, 15) is 9.59 Å². The Morgan fingerprint density at radius 3 is 2.72 bits per heavy atom. The molecule has 0 radical (unpaired) electrons. The summed E-state index contributed by atoms with van der Waals surface area (Å²) in [5, 5.41) is 2.91. The third-order valence-electron chi connectivity index (χ3n) is 4.98. The van der Waals surface area contributed by atoms with E-state index in [0.29, 0.717) is 17.4 Å². The van der Waals surface area contributed by atoms with Gasteiger partial charge in [-0.15, -0.1) is 11.3 Å². The van der Waals surface area contributed by atoms with Gasteiger partial charge in [-0.2, -0.15) is 0 Å². The maximum Gasteiger partial charge on any atom is 0.263 e. The van der Waals surface area contributed by atoms with Crippen LogP contribution in [0.3, 0.4) is 0 Å². The molecule has 3 rings (SSSR count). The van der Waals surface area contributed by atoms with Crippen LogP contribution < -0.4 is 10.9 Å². The number of rotatable bonds is 9. The van der Waals surface area contributed by atoms with Crippen molar-refractivity contribution in [2.45, 2.75) is 32.7 Å². The first-order chi connectivity index (χ1) is 14.1. The van der Waals surface area contributed by atoms with E-state index in [2.05, 4.69) is 17.1 Å². The van der Waals surface area contributed by atoms with Crippen molar-refractivity contribution in [3.05, 3.63) is 44.6 Å². The van der Waals surface area contributed by atoms with Crippen LogP contribution in [0.15, 0.2) is 29.2 Å². The monoisotopic (exact) mass is 437 g/mol. The van der Waals surface area contributed by atoms with Gasteiger partial charge in [0, 0.05) is 42.8 Å². The highest BCUT2D eigenvalue weighted by Gasteiger charge is 2.16. The zero-order valence-corrected chi connectivity index (χ0v) is 18.4. The van der Waals surface area contributed by atoms with Crippen LogP contribution in [0.1, 0.15) is 36.5 Å². The maximum atomic E-state index is 12.8. The number of aryl methyl sites for hydroxylation is 1. The van der Waals surface area contributed by atoms with E-state index in [1.165, 1.54) is 11.3 Å². The number of thiophene rings is 1. The van der Waals surface area contributed by atoms with Crippen molar-refractivity contribution >= 4 is 28.8 Å². The highest BCUT2D eigenvalue weighted by atomic mass is 35.5. The topological polar surface area (TPSA) is 63.6 Å². The van der Waals surface area contributed by atoms with Gasteiger partial charge in [0.1, 0.15) is 5.56 Å². The standard InChI is InChI=1S/C21H28ClN3O3S/c1-2-3-9-25-15-16(18-5-6-19(22)29-18)14-17(21(25)27)20(26)23-7-4-8-24-10-12-28-13-11-24/h5-6,14-15H,2-4,7-13H2,1H3,(H,23,26). The molecule has 0 spiro atoms. The Labute approximate surface area is 180 Å². The van der Waals surface area contributed by atoms with E-state index in [4.69, 9.17) is 16.3 Å². The highest BCUT2D eigenvalue weighted by molar-refractivity contribution is 7.19. The fraction of sp³-hybridized carbons (Fsp3) is 0.524. The molecule has 6 nitrogen and oxygen atoms in total. The van der Waals surface area contributed by atoms with Crippen molar-refractivity contribution in [3.8, 4) is 10.4 Å². The van der Waals surface area contributed by atoms with E-state index in [1.54, 1.807) is 10.6 Å². The predicted octanol–water partition coefficient (Wildman–Crippen LogP) is 3.48. The Morgan fingerprint density at radius 2 is 2.03 bits per heavy atom. The summed E-state index contributed by atoms with van der Waals surface area (Å²) in [5.74, 6) is -0.313. The number of halogens is 1. The van der Waals surface area contributed by atoms with Crippen LogP contribution >= 0.6 is 22.9 Å². The molecule has 2 aromatic heterocycles. The van der Waals surface area contributed by atoms with E-state index < -0.39 is 0 Å². The van der Waals surface area contributed by atoms with Crippen LogP contribution in [0.4, 0.5) is 0 Å². The third-order valence-corrected chi connectivity index (χ3v) is 6.26. The van der Waals surface area contributed by atoms with E-state index in [-0.39, 0.29) is 17.0 Å². The van der Waals surface area contributed by atoms with Crippen LogP contribution in [-0.2, 0) is 11.3 Å². The normalized spacial score (nSPS) is 14.8. The number of ether oxygens (including phenoxy) is 1. The molecule has 0 unspecified atom stereocenters. The SMILES string of the molecule is CCCCn1cc(-c2ccc(Cl)s2)cc(C(=O)NCCCN2CCOCC2)c1=O. The number of pyridine rings is 1. The van der Waals surface area contributed by atoms with Crippen LogP contribution in [0.25, 0.3) is 10.4 Å². The minimum absolute atomic E-state index is 0.189. The first kappa shape index (κ1) is 22.0. The Bertz CT molecular complexity index is 874. The first-order valence-electron chi connectivity index (χ1n) is 10.2. The largest absolute Gasteiger partial charge is 0.379 e. The van der Waals surface area contributed by atoms with Gasteiger partial charge in [0.05, 0.1) is 17.6 Å². The van der Waals surface area contributed by atoms with Gasteiger partial charge in [-0.25, -0.2) is 0 Å². The molecule has 3 heterocycles. The fourth-order valence-electron chi connectivity index (χ4n) is 3.32. The van der Waals surface area contributed by atoms with Gasteiger partial charge in [-0.1, -0.05) is 24.9 Å². The Kier molecular flexibility index (Phi) is 8.29. The van der Waals surface area contributed by atoms with Crippen molar-refractivity contribution in [2.24, 2.45) is 0 Å². The summed E-state index contributed by atoms with van der Waals surface area (Å²) >= 11 is 7.51. The summed E-state index contributed by atoms with van der Waals surface area (Å²) < 4.78 is 7.68. The summed E-state index contributed by atoms with van der Waals surface area (Å²) in [7, 11) is 0. The molecule has 8 heteroatoms. The number of hydrogen-bond acceptors (Lipinski definition) is 5. The van der Waals surface area contributed by atoms with Crippen molar-refractivity contribution < 1.29 is 9.53 Å². The zero-order valence-electron chi connectivity index (χ0n) is 16.8. The molecule has 158 valence electrons. The number of unbranched alkanes of at least 4 members (excludes halogenated alkanes) is 1. The van der Waals surface area contributed by atoms with Gasteiger partial charge >= 0.3 is 0 Å². The number of amides is 1. The minimum Gasteiger partial charge on any atom is -0.379 e. The summed E-state index contributed by atoms with van der Waals surface area (Å²) in [6, 6.07) is 5.43. The highest BCUT2D eigenvalue weighted by Crippen LogP contribution is 2.30. The smallest absolute Gasteiger partial charge is 0.263 e. The quantitative estimate of drug-likeness (QED) is 0.610. The molecule has 1 aliphatic rings. The average Bonchev–Trinajstić information content (AvgIpc) is 3.17. The van der Waals surface area contributed by atoms with Crippen LogP contribution in [0.2, 0.25) is 4.34 Å². The lowest BCUT2D eigenvalue weighted by atomic mass is 10.1. The molecule has 0 saturated carbocycles. The van der Waals surface area contributed by atoms with Gasteiger partial charge in [-0.05, 0) is 37.6 Å². The summed E-state index contributed by atoms with van der Waals surface area (Å²) in [5.41, 5.74) is 0.793. The van der Waals surface area contributed by atoms with Crippen LogP contribution in [0, 0.1) is 0 Å². The molecule has 0 bridgehead atoms. The number of carbonyl (C=O) groups excluding carboxylic acids is 1. The van der Waals surface area contributed by atoms with Crippen LogP contribution in [-0.4, -0.2) is 54.8 Å². The number of nitrogens with zero attached hydrogens (tertiary/aromatic N) is 2. The second kappa shape index (κ2) is 10.9. The molecule has 1 aliphatic heterocycles. The number of morpholine rings is 1. The maximum absolute atomic E-state index is 12.8. The molecule has 29 heavy (non-hydrogen) atoms. The molecule has 0 aromatic carbocycles. The van der Waals surface area contributed by atoms with Gasteiger partial charge in [0.15, 0.2) is 0 Å². The molecule has 1 amide bonds. The van der Waals surface area contributed by atoms with Crippen molar-refractivity contribution in [1.82, 2.24) is 14.8 Å². The molecular weight excluding hydrogens is 410 g/mol. The first-order valence-corrected chi connectivity index (χ1v) is 11.4. The average molecular weight is 438 g/mol. The lowest BCUT2D eigenvalue weighted by molar-refractivity contribution is 0.0374. The molecule has 2 aromatic rings. The van der Waals surface area contributed by atoms with Crippen molar-refractivity contribution in [2.75, 3.05) is 39.4 Å². The van der Waals surface area contributed by atoms with Gasteiger partial charge in [0.25, 0.3) is 11.5 Å². The Morgan fingerprint density at radius 1 is 1.24 bits per heavy atom. The van der Waals surface area contributed by atoms with E-state index in [1.807, 2.05) is 18.3 Å². The number of nitrogens with one attached hydrogen (secondary N) is 1. The van der Waals surface area contributed by atoms with Crippen molar-refractivity contribution in [1.29, 1.82) is 0 Å². The molecule has 0 atom stereocenters. The predicted molar refractivity (Wildman–Crippen MR) is 118 cm³/mol. The fourth-order valence-corrected chi connectivity index (χ4v) is 4.35. The number of hydrogen-bond donors (Lipinski definition) is 1. The summed E-state index contributed by atoms with van der Waals surface area (Å²) in [4.78, 5) is 28.9. The minimum atomic E-state index is -0.313. The Hall–Kier alpha value is -1.67. The lowest BCUT2D eigenvalue weighted by Gasteiger charge is -2.26. The van der Waals surface area contributed by atoms with Gasteiger partial charge < -0.3 is 14.6 Å². The second-order valence-corrected chi connectivity index (χ2v) is 8.88. The molecule has 1 saturated heterocycles. The zero-order chi connectivity index (χ0) is 20.6. The molecular formula is C21H28ClN3O3S. The molecule has 0 aliphatic carbocycles. The van der Waals surface area contributed by atoms with Gasteiger partial charge in [0.2, 0.25) is 0 Å². The Balaban J connectivity index is 1.70. The van der Waals surface area contributed by atoms with Gasteiger partial charge in [-0.3, -0.25) is 14.5 Å². The number of carbonyl (C=O) groups is 1. The summed E-state index contributed by atoms with van der Waals surface area (Å²) in [6.45, 7) is 7.53. The number of aromatic nitrogens is 1.